The zero-order valence-corrected chi connectivity index (χ0v) is 39.6. The van der Waals surface area contributed by atoms with E-state index in [1.54, 1.807) is 0 Å². The normalized spacial score (nSPS) is 13.2. The van der Waals surface area contributed by atoms with Crippen LogP contribution in [0.15, 0.2) is 121 Å². The molecule has 0 fully saturated rings. The van der Waals surface area contributed by atoms with Crippen LogP contribution in [-0.4, -0.2) is 59.8 Å². The minimum absolute atomic E-state index is 0.533. The molecular formula is C62H42N12. The molecule has 12 nitrogen and oxygen atoms in total. The molecule has 0 atom stereocenters. The van der Waals surface area contributed by atoms with Gasteiger partial charge >= 0.3 is 0 Å². The lowest BCUT2D eigenvalue weighted by atomic mass is 10.0. The average molecular weight is 955 g/mol. The van der Waals surface area contributed by atoms with E-state index in [2.05, 4.69) is 200 Å². The van der Waals surface area contributed by atoms with Crippen molar-refractivity contribution >= 4 is 139 Å². The molecule has 6 aliphatic heterocycles. The van der Waals surface area contributed by atoms with Gasteiger partial charge in [-0.05, 0) is 194 Å². The second kappa shape index (κ2) is 16.7. The Morgan fingerprint density at radius 2 is 0.419 bits per heavy atom. The molecule has 0 radical (unpaired) electrons. The maximum absolute atomic E-state index is 5.31. The van der Waals surface area contributed by atoms with Crippen LogP contribution in [0.5, 0.6) is 0 Å². The van der Waals surface area contributed by atoms with Crippen molar-refractivity contribution in [2.75, 3.05) is 0 Å². The van der Waals surface area contributed by atoms with Gasteiger partial charge in [-0.3, -0.25) is 0 Å². The van der Waals surface area contributed by atoms with E-state index < -0.39 is 0 Å². The van der Waals surface area contributed by atoms with Crippen molar-refractivity contribution in [2.45, 2.75) is 12.8 Å². The van der Waals surface area contributed by atoms with Crippen molar-refractivity contribution in [3.05, 3.63) is 212 Å². The topological polar surface area (TPSA) is 172 Å². The van der Waals surface area contributed by atoms with Gasteiger partial charge in [0.05, 0.1) is 68.3 Å². The molecular weight excluding hydrogens is 913 g/mol. The summed E-state index contributed by atoms with van der Waals surface area (Å²) in [5.74, 6) is 0. The molecule has 9 aromatic heterocycles. The van der Waals surface area contributed by atoms with E-state index >= 15 is 0 Å². The summed E-state index contributed by atoms with van der Waals surface area (Å²) in [6, 6.07) is 41.9. The number of fused-ring (bicyclic) bond motifs is 24. The smallest absolute Gasteiger partial charge is 0.0693 e. The van der Waals surface area contributed by atoms with E-state index in [4.69, 9.17) is 29.9 Å². The van der Waals surface area contributed by atoms with Crippen LogP contribution < -0.4 is 0 Å². The average Bonchev–Trinajstić information content (AvgIpc) is 4.23. The predicted molar refractivity (Wildman–Crippen MR) is 302 cm³/mol. The lowest BCUT2D eigenvalue weighted by molar-refractivity contribution is 1.13. The molecule has 0 saturated carbocycles. The van der Waals surface area contributed by atoms with Gasteiger partial charge in [0.15, 0.2) is 0 Å². The van der Waals surface area contributed by atoms with Gasteiger partial charge < -0.3 is 29.9 Å². The van der Waals surface area contributed by atoms with E-state index in [1.165, 1.54) is 0 Å². The minimum Gasteiger partial charge on any atom is -0.355 e. The standard InChI is InChI=1S/C62H42N12/c1-5-39-27-43-9-17-55(67-43)51(56-18-10-44(68-56)28-40-6-2-36(64-40)25-35(1)63-39)33-53-59-21-13-47(71-59)31-49-15-23-61(73-49)54(62-24-16-50(74-62)32-48-14-22-60(53)72-48)34-52-57-19-11-45(69-57)29-41-7-3-37(65-41)26-38-4-8-42(66-38)30-46-12-20-58(52)70-46/h1-32,63,65,68,70-71,74H,33-34H2. The summed E-state index contributed by atoms with van der Waals surface area (Å²) in [4.78, 5) is 52.7. The second-order valence-corrected chi connectivity index (χ2v) is 19.1. The summed E-state index contributed by atoms with van der Waals surface area (Å²) in [5.41, 5.74) is 26.1. The van der Waals surface area contributed by atoms with Crippen molar-refractivity contribution in [3.8, 4) is 0 Å². The Morgan fingerprint density at radius 3 is 0.676 bits per heavy atom. The molecule has 74 heavy (non-hydrogen) atoms. The first-order valence-corrected chi connectivity index (χ1v) is 24.6. The zero-order chi connectivity index (χ0) is 48.7. The first kappa shape index (κ1) is 41.6. The van der Waals surface area contributed by atoms with Crippen molar-refractivity contribution in [1.29, 1.82) is 0 Å². The first-order chi connectivity index (χ1) is 36.4. The highest BCUT2D eigenvalue weighted by atomic mass is 14.8. The highest BCUT2D eigenvalue weighted by Crippen LogP contribution is 2.31. The minimum atomic E-state index is 0.533. The molecule has 0 spiro atoms. The summed E-state index contributed by atoms with van der Waals surface area (Å²) in [6.45, 7) is 0. The number of aromatic nitrogens is 12. The Morgan fingerprint density at radius 1 is 0.216 bits per heavy atom. The number of H-pyrrole nitrogens is 6. The van der Waals surface area contributed by atoms with Gasteiger partial charge in [0.2, 0.25) is 0 Å². The van der Waals surface area contributed by atoms with E-state index in [0.717, 1.165) is 157 Å². The summed E-state index contributed by atoms with van der Waals surface area (Å²) in [7, 11) is 0. The van der Waals surface area contributed by atoms with Gasteiger partial charge in [0.1, 0.15) is 0 Å². The Balaban J connectivity index is 0.894. The molecule has 9 aromatic rings. The number of hydrogen-bond donors (Lipinski definition) is 6. The molecule has 24 bridgehead atoms. The first-order valence-electron chi connectivity index (χ1n) is 24.6. The molecule has 15 heterocycles. The maximum Gasteiger partial charge on any atom is 0.0693 e. The van der Waals surface area contributed by atoms with Crippen LogP contribution in [0.1, 0.15) is 90.6 Å². The zero-order valence-electron chi connectivity index (χ0n) is 39.6. The molecule has 350 valence electrons. The van der Waals surface area contributed by atoms with Gasteiger partial charge in [-0.1, -0.05) is 0 Å². The monoisotopic (exact) mass is 954 g/mol. The largest absolute Gasteiger partial charge is 0.355 e. The molecule has 12 heteroatoms. The second-order valence-electron chi connectivity index (χ2n) is 19.1. The summed E-state index contributed by atoms with van der Waals surface area (Å²) in [6.07, 6.45) is 26.0. The van der Waals surface area contributed by atoms with E-state index in [9.17, 15) is 0 Å². The van der Waals surface area contributed by atoms with Gasteiger partial charge in [0.25, 0.3) is 0 Å². The predicted octanol–water partition coefficient (Wildman–Crippen LogP) is 13.8. The fourth-order valence-corrected chi connectivity index (χ4v) is 10.4. The highest BCUT2D eigenvalue weighted by Gasteiger charge is 2.18. The van der Waals surface area contributed by atoms with Crippen LogP contribution in [0.25, 0.3) is 139 Å². The molecule has 0 unspecified atom stereocenters. The van der Waals surface area contributed by atoms with E-state index in [-0.39, 0.29) is 0 Å². The third-order valence-electron chi connectivity index (χ3n) is 14.0. The molecule has 6 aliphatic rings. The summed E-state index contributed by atoms with van der Waals surface area (Å²) in [5, 5.41) is 0. The third-order valence-corrected chi connectivity index (χ3v) is 14.0. The Kier molecular flexibility index (Phi) is 9.39. The van der Waals surface area contributed by atoms with Gasteiger partial charge in [-0.15, -0.1) is 0 Å². The van der Waals surface area contributed by atoms with Crippen LogP contribution in [0.4, 0.5) is 0 Å². The summed E-state index contributed by atoms with van der Waals surface area (Å²) >= 11 is 0. The van der Waals surface area contributed by atoms with Gasteiger partial charge in [0, 0.05) is 101 Å². The number of hydrogen-bond acceptors (Lipinski definition) is 6. The number of rotatable bonds is 4. The Labute approximate surface area is 421 Å². The van der Waals surface area contributed by atoms with Crippen molar-refractivity contribution in [3.63, 3.8) is 0 Å². The Hall–Kier alpha value is -10.2. The molecule has 0 amide bonds. The molecule has 15 rings (SSSR count). The lowest BCUT2D eigenvalue weighted by Gasteiger charge is -2.06. The SMILES string of the molecule is C1=Cc2cc3ccc([nH]3)c(Cc3c4nc(cc5ccc([nH]5)c(Cc5c6nc(cc7ccc(cc8nc(cc9ccc5[nH]9)C=C8)[nH]7)C=C6)c5nc(cc6ccc3[nH]6)C=C5)C=C4)c3nc(cc4ccc(cc1n2)[nH]4)C=C3. The molecule has 0 aliphatic carbocycles. The fourth-order valence-electron chi connectivity index (χ4n) is 10.4. The molecule has 0 saturated heterocycles. The maximum atomic E-state index is 5.31. The van der Waals surface area contributed by atoms with Crippen LogP contribution in [0.2, 0.25) is 0 Å². The van der Waals surface area contributed by atoms with Crippen molar-refractivity contribution in [1.82, 2.24) is 59.8 Å². The summed E-state index contributed by atoms with van der Waals surface area (Å²) < 4.78 is 0. The third kappa shape index (κ3) is 7.92. The van der Waals surface area contributed by atoms with Crippen molar-refractivity contribution in [2.24, 2.45) is 0 Å². The Bertz CT molecular complexity index is 4330. The van der Waals surface area contributed by atoms with Crippen LogP contribution in [-0.2, 0) is 12.8 Å². The fraction of sp³-hybridized carbons (Fsp3) is 0.0323. The van der Waals surface area contributed by atoms with Crippen LogP contribution in [0.3, 0.4) is 0 Å². The number of aromatic amines is 6. The molecule has 6 N–H and O–H groups in total. The van der Waals surface area contributed by atoms with E-state index in [1.807, 2.05) is 24.3 Å². The van der Waals surface area contributed by atoms with Gasteiger partial charge in [-0.2, -0.15) is 0 Å². The number of nitrogens with one attached hydrogen (secondary N) is 6. The number of nitrogens with zero attached hydrogens (tertiary/aromatic N) is 6. The quantitative estimate of drug-likeness (QED) is 0.102. The van der Waals surface area contributed by atoms with Crippen LogP contribution in [0, 0.1) is 0 Å². The van der Waals surface area contributed by atoms with Gasteiger partial charge in [-0.25, -0.2) is 29.9 Å². The van der Waals surface area contributed by atoms with Crippen LogP contribution >= 0.6 is 0 Å². The van der Waals surface area contributed by atoms with E-state index in [0.29, 0.717) is 12.8 Å². The molecule has 0 aromatic carbocycles. The van der Waals surface area contributed by atoms with Crippen molar-refractivity contribution < 1.29 is 0 Å². The lowest BCUT2D eigenvalue weighted by Crippen LogP contribution is -1.97. The highest BCUT2D eigenvalue weighted by molar-refractivity contribution is 5.86.